The van der Waals surface area contributed by atoms with Crippen LogP contribution in [0.1, 0.15) is 52.9 Å². The van der Waals surface area contributed by atoms with Crippen LogP contribution in [-0.4, -0.2) is 40.8 Å². The van der Waals surface area contributed by atoms with Gasteiger partial charge in [0.2, 0.25) is 5.91 Å². The number of esters is 1. The summed E-state index contributed by atoms with van der Waals surface area (Å²) < 4.78 is 5.45. The van der Waals surface area contributed by atoms with Gasteiger partial charge in [0.25, 0.3) is 5.91 Å². The second-order valence-electron chi connectivity index (χ2n) is 8.65. The number of carbonyl (C=O) groups excluding carboxylic acids is 3. The quantitative estimate of drug-likeness (QED) is 0.421. The highest BCUT2D eigenvalue weighted by atomic mass is 35.5. The lowest BCUT2D eigenvalue weighted by atomic mass is 9.86. The van der Waals surface area contributed by atoms with E-state index in [1.165, 1.54) is 0 Å². The number of hydrogen-bond donors (Lipinski definition) is 0. The Hall–Kier alpha value is -3.22. The highest BCUT2D eigenvalue weighted by Crippen LogP contribution is 2.37. The first-order valence-electron chi connectivity index (χ1n) is 11.5. The number of nitrogens with zero attached hydrogens (tertiary/aromatic N) is 2. The van der Waals surface area contributed by atoms with Gasteiger partial charge in [-0.25, -0.2) is 9.78 Å². The first-order chi connectivity index (χ1) is 16.9. The van der Waals surface area contributed by atoms with Crippen LogP contribution in [-0.2, 0) is 20.7 Å². The Kier molecular flexibility index (Phi) is 6.58. The average Bonchev–Trinajstić information content (AvgIpc) is 3.29. The molecule has 8 heteroatoms. The third-order valence-electron chi connectivity index (χ3n) is 6.36. The Morgan fingerprint density at radius 1 is 1.03 bits per heavy atom. The van der Waals surface area contributed by atoms with Gasteiger partial charge >= 0.3 is 5.97 Å². The standard InChI is InChI=1S/C27H22Cl2N2O4/c28-20-11-10-16(14-21(20)29)13-17-5-3-7-19-25(18-6-1-2-8-22(18)30-26(17)19)27(34)35-15-24(33)31-12-4-9-23(31)32/h1-2,6,8,10-11,13-14H,3-5,7,9,12,15H2/b17-13-. The molecule has 6 nitrogen and oxygen atoms in total. The molecule has 0 atom stereocenters. The summed E-state index contributed by atoms with van der Waals surface area (Å²) in [6.07, 6.45) is 5.28. The van der Waals surface area contributed by atoms with E-state index in [1.807, 2.05) is 36.4 Å². The Bertz CT molecular complexity index is 1400. The van der Waals surface area contributed by atoms with Gasteiger partial charge < -0.3 is 4.74 Å². The van der Waals surface area contributed by atoms with Crippen LogP contribution in [0.3, 0.4) is 0 Å². The fraction of sp³-hybridized carbons (Fsp3) is 0.259. The average molecular weight is 509 g/mol. The van der Waals surface area contributed by atoms with Crippen molar-refractivity contribution in [1.82, 2.24) is 9.88 Å². The minimum absolute atomic E-state index is 0.227. The zero-order valence-electron chi connectivity index (χ0n) is 18.9. The van der Waals surface area contributed by atoms with E-state index < -0.39 is 18.5 Å². The number of allylic oxidation sites excluding steroid dienone is 1. The molecule has 2 aliphatic rings. The summed E-state index contributed by atoms with van der Waals surface area (Å²) in [6.45, 7) is -0.104. The van der Waals surface area contributed by atoms with Crippen molar-refractivity contribution in [2.75, 3.05) is 13.2 Å². The number of para-hydroxylation sites is 1. The van der Waals surface area contributed by atoms with Gasteiger partial charge in [-0.15, -0.1) is 0 Å². The van der Waals surface area contributed by atoms with Crippen LogP contribution in [0.4, 0.5) is 0 Å². The molecule has 2 heterocycles. The van der Waals surface area contributed by atoms with Crippen molar-refractivity contribution in [3.05, 3.63) is 74.9 Å². The number of hydrogen-bond acceptors (Lipinski definition) is 5. The van der Waals surface area contributed by atoms with Crippen LogP contribution in [0.25, 0.3) is 22.6 Å². The molecule has 2 aromatic carbocycles. The van der Waals surface area contributed by atoms with Crippen LogP contribution in [0, 0.1) is 0 Å². The number of rotatable bonds is 4. The number of benzene rings is 2. The van der Waals surface area contributed by atoms with Crippen LogP contribution >= 0.6 is 23.2 Å². The lowest BCUT2D eigenvalue weighted by molar-refractivity contribution is -0.143. The Balaban J connectivity index is 1.52. The smallest absolute Gasteiger partial charge is 0.339 e. The molecular formula is C27H22Cl2N2O4. The van der Waals surface area contributed by atoms with Gasteiger partial charge in [0.15, 0.2) is 6.61 Å². The second kappa shape index (κ2) is 9.80. The Morgan fingerprint density at radius 3 is 2.63 bits per heavy atom. The number of fused-ring (bicyclic) bond motifs is 2. The molecule has 0 bridgehead atoms. The summed E-state index contributed by atoms with van der Waals surface area (Å²) in [4.78, 5) is 43.7. The lowest BCUT2D eigenvalue weighted by Gasteiger charge is -2.22. The molecule has 1 aromatic heterocycles. The largest absolute Gasteiger partial charge is 0.452 e. The van der Waals surface area contributed by atoms with Crippen molar-refractivity contribution in [2.45, 2.75) is 32.1 Å². The molecule has 5 rings (SSSR count). The van der Waals surface area contributed by atoms with Gasteiger partial charge in [-0.3, -0.25) is 14.5 Å². The molecule has 1 saturated heterocycles. The predicted molar refractivity (Wildman–Crippen MR) is 135 cm³/mol. The van der Waals surface area contributed by atoms with Gasteiger partial charge in [0, 0.05) is 18.4 Å². The van der Waals surface area contributed by atoms with Crippen molar-refractivity contribution in [1.29, 1.82) is 0 Å². The molecule has 1 fully saturated rings. The van der Waals surface area contributed by atoms with E-state index in [2.05, 4.69) is 0 Å². The van der Waals surface area contributed by atoms with Gasteiger partial charge in [-0.1, -0.05) is 47.5 Å². The van der Waals surface area contributed by atoms with Gasteiger partial charge in [0.05, 0.1) is 26.8 Å². The first kappa shape index (κ1) is 23.5. The molecule has 0 N–H and O–H groups in total. The minimum Gasteiger partial charge on any atom is -0.452 e. The summed E-state index contributed by atoms with van der Waals surface area (Å²) in [5.74, 6) is -1.31. The number of pyridine rings is 1. The van der Waals surface area contributed by atoms with Crippen LogP contribution < -0.4 is 0 Å². The number of aromatic nitrogens is 1. The zero-order chi connectivity index (χ0) is 24.5. The molecule has 0 spiro atoms. The summed E-state index contributed by atoms with van der Waals surface area (Å²) in [6, 6.07) is 12.8. The molecule has 0 radical (unpaired) electrons. The van der Waals surface area contributed by atoms with Gasteiger partial charge in [-0.2, -0.15) is 0 Å². The van der Waals surface area contributed by atoms with Gasteiger partial charge in [-0.05, 0) is 66.7 Å². The SMILES string of the molecule is O=C(OCC(=O)N1CCCC1=O)c1c2c(nc3ccccc13)/C(=C\c1ccc(Cl)c(Cl)c1)CCC2. The topological polar surface area (TPSA) is 76.6 Å². The summed E-state index contributed by atoms with van der Waals surface area (Å²) in [5.41, 5.74) is 4.52. The Morgan fingerprint density at radius 2 is 1.86 bits per heavy atom. The maximum Gasteiger partial charge on any atom is 0.339 e. The van der Waals surface area contributed by atoms with Crippen molar-refractivity contribution in [2.24, 2.45) is 0 Å². The van der Waals surface area contributed by atoms with Gasteiger partial charge in [0.1, 0.15) is 0 Å². The summed E-state index contributed by atoms with van der Waals surface area (Å²) in [5, 5.41) is 1.63. The number of halogens is 2. The van der Waals surface area contributed by atoms with E-state index in [-0.39, 0.29) is 5.91 Å². The lowest BCUT2D eigenvalue weighted by Crippen LogP contribution is -2.35. The molecule has 3 aromatic rings. The summed E-state index contributed by atoms with van der Waals surface area (Å²) >= 11 is 12.3. The molecule has 35 heavy (non-hydrogen) atoms. The van der Waals surface area contributed by atoms with E-state index >= 15 is 0 Å². The maximum atomic E-state index is 13.3. The third kappa shape index (κ3) is 4.68. The highest BCUT2D eigenvalue weighted by Gasteiger charge is 2.29. The molecular weight excluding hydrogens is 487 g/mol. The molecule has 178 valence electrons. The van der Waals surface area contributed by atoms with E-state index in [1.54, 1.807) is 12.1 Å². The highest BCUT2D eigenvalue weighted by molar-refractivity contribution is 6.42. The molecule has 0 saturated carbocycles. The molecule has 2 amide bonds. The van der Waals surface area contributed by atoms with Crippen molar-refractivity contribution in [3.8, 4) is 0 Å². The third-order valence-corrected chi connectivity index (χ3v) is 7.10. The number of carbonyl (C=O) groups is 3. The summed E-state index contributed by atoms with van der Waals surface area (Å²) in [7, 11) is 0. The molecule has 1 aliphatic heterocycles. The number of likely N-dealkylation sites (tertiary alicyclic amines) is 1. The number of amides is 2. The van der Waals surface area contributed by atoms with E-state index in [9.17, 15) is 14.4 Å². The van der Waals surface area contributed by atoms with E-state index in [0.717, 1.165) is 40.1 Å². The monoisotopic (exact) mass is 508 g/mol. The molecule has 0 unspecified atom stereocenters. The van der Waals surface area contributed by atoms with E-state index in [0.29, 0.717) is 52.3 Å². The number of ether oxygens (including phenoxy) is 1. The predicted octanol–water partition coefficient (Wildman–Crippen LogP) is 5.72. The van der Waals surface area contributed by atoms with Crippen molar-refractivity contribution >= 4 is 63.5 Å². The zero-order valence-corrected chi connectivity index (χ0v) is 20.4. The van der Waals surface area contributed by atoms with Crippen molar-refractivity contribution in [3.63, 3.8) is 0 Å². The normalized spacial score (nSPS) is 16.6. The fourth-order valence-corrected chi connectivity index (χ4v) is 5.01. The van der Waals surface area contributed by atoms with E-state index in [4.69, 9.17) is 32.9 Å². The number of imide groups is 1. The Labute approximate surface area is 212 Å². The molecule has 1 aliphatic carbocycles. The second-order valence-corrected chi connectivity index (χ2v) is 9.46. The fourth-order valence-electron chi connectivity index (χ4n) is 4.70. The maximum absolute atomic E-state index is 13.3. The van der Waals surface area contributed by atoms with Crippen LogP contribution in [0.2, 0.25) is 10.0 Å². The van der Waals surface area contributed by atoms with Crippen LogP contribution in [0.5, 0.6) is 0 Å². The first-order valence-corrected chi connectivity index (χ1v) is 12.3. The van der Waals surface area contributed by atoms with Crippen LogP contribution in [0.15, 0.2) is 42.5 Å². The van der Waals surface area contributed by atoms with Crippen molar-refractivity contribution < 1.29 is 19.1 Å². The minimum atomic E-state index is -0.587.